The van der Waals surface area contributed by atoms with E-state index < -0.39 is 0 Å². The van der Waals surface area contributed by atoms with Crippen molar-refractivity contribution in [1.29, 1.82) is 0 Å². The van der Waals surface area contributed by atoms with Gasteiger partial charge in [-0.2, -0.15) is 0 Å². The minimum atomic E-state index is 0.927. The Kier molecular flexibility index (Phi) is 2.06. The van der Waals surface area contributed by atoms with Gasteiger partial charge in [-0.1, -0.05) is 42.5 Å². The van der Waals surface area contributed by atoms with Crippen LogP contribution < -0.4 is 5.32 Å². The standard InChI is InChI=1S/C17H13NO/c1-18-15-8-4-7-13-14-10-9-11-5-2-3-6-12(11)16(14)19-17(13)15/h2-10,18H,1H3. The van der Waals surface area contributed by atoms with Gasteiger partial charge in [0.2, 0.25) is 0 Å². The zero-order valence-corrected chi connectivity index (χ0v) is 10.6. The Labute approximate surface area is 110 Å². The van der Waals surface area contributed by atoms with Gasteiger partial charge < -0.3 is 9.73 Å². The molecule has 0 unspecified atom stereocenters. The predicted octanol–water partition coefficient (Wildman–Crippen LogP) is 4.78. The number of hydrogen-bond donors (Lipinski definition) is 1. The van der Waals surface area contributed by atoms with Crippen LogP contribution in [0, 0.1) is 0 Å². The number of anilines is 1. The molecular formula is C17H13NO. The average molecular weight is 247 g/mol. The maximum atomic E-state index is 6.13. The Morgan fingerprint density at radius 1 is 0.737 bits per heavy atom. The van der Waals surface area contributed by atoms with Crippen molar-refractivity contribution in [3.63, 3.8) is 0 Å². The lowest BCUT2D eigenvalue weighted by Gasteiger charge is -1.98. The van der Waals surface area contributed by atoms with Crippen molar-refractivity contribution in [2.45, 2.75) is 0 Å². The van der Waals surface area contributed by atoms with Crippen LogP contribution >= 0.6 is 0 Å². The maximum absolute atomic E-state index is 6.13. The molecule has 0 saturated carbocycles. The lowest BCUT2D eigenvalue weighted by molar-refractivity contribution is 0.673. The van der Waals surface area contributed by atoms with E-state index in [9.17, 15) is 0 Å². The summed E-state index contributed by atoms with van der Waals surface area (Å²) in [6.45, 7) is 0. The second-order valence-corrected chi connectivity index (χ2v) is 4.70. The number of nitrogens with one attached hydrogen (secondary N) is 1. The number of rotatable bonds is 1. The van der Waals surface area contributed by atoms with E-state index in [0.717, 1.165) is 22.2 Å². The Morgan fingerprint density at radius 3 is 2.42 bits per heavy atom. The average Bonchev–Trinajstić information content (AvgIpc) is 2.86. The van der Waals surface area contributed by atoms with E-state index in [1.807, 2.05) is 19.2 Å². The van der Waals surface area contributed by atoms with E-state index in [4.69, 9.17) is 4.42 Å². The molecule has 1 heterocycles. The summed E-state index contributed by atoms with van der Waals surface area (Å²) in [5.74, 6) is 0. The van der Waals surface area contributed by atoms with Gasteiger partial charge in [-0.3, -0.25) is 0 Å². The van der Waals surface area contributed by atoms with E-state index >= 15 is 0 Å². The van der Waals surface area contributed by atoms with Gasteiger partial charge in [0.25, 0.3) is 0 Å². The summed E-state index contributed by atoms with van der Waals surface area (Å²) in [6, 6.07) is 18.8. The number of fused-ring (bicyclic) bond motifs is 5. The SMILES string of the molecule is CNc1cccc2c1oc1c3ccccc3ccc21. The topological polar surface area (TPSA) is 25.2 Å². The van der Waals surface area contributed by atoms with Crippen molar-refractivity contribution in [3.8, 4) is 0 Å². The van der Waals surface area contributed by atoms with Crippen LogP contribution in [-0.4, -0.2) is 7.05 Å². The van der Waals surface area contributed by atoms with Crippen LogP contribution in [0.25, 0.3) is 32.7 Å². The molecule has 19 heavy (non-hydrogen) atoms. The van der Waals surface area contributed by atoms with Gasteiger partial charge in [0, 0.05) is 23.2 Å². The zero-order valence-electron chi connectivity index (χ0n) is 10.6. The first-order valence-electron chi connectivity index (χ1n) is 6.39. The highest BCUT2D eigenvalue weighted by Gasteiger charge is 2.11. The molecule has 4 aromatic rings. The Morgan fingerprint density at radius 2 is 1.53 bits per heavy atom. The van der Waals surface area contributed by atoms with Gasteiger partial charge in [-0.15, -0.1) is 0 Å². The molecule has 2 nitrogen and oxygen atoms in total. The smallest absolute Gasteiger partial charge is 0.158 e. The summed E-state index contributed by atoms with van der Waals surface area (Å²) in [4.78, 5) is 0. The van der Waals surface area contributed by atoms with Crippen molar-refractivity contribution in [2.24, 2.45) is 0 Å². The molecular weight excluding hydrogens is 234 g/mol. The van der Waals surface area contributed by atoms with Gasteiger partial charge in [0.1, 0.15) is 5.58 Å². The molecule has 92 valence electrons. The molecule has 0 aliphatic rings. The fourth-order valence-corrected chi connectivity index (χ4v) is 2.72. The number of furan rings is 1. The molecule has 3 aromatic carbocycles. The van der Waals surface area contributed by atoms with Crippen LogP contribution in [0.5, 0.6) is 0 Å². The van der Waals surface area contributed by atoms with E-state index in [-0.39, 0.29) is 0 Å². The van der Waals surface area contributed by atoms with E-state index in [1.165, 1.54) is 16.2 Å². The first-order valence-corrected chi connectivity index (χ1v) is 6.39. The molecule has 0 aliphatic carbocycles. The highest BCUT2D eigenvalue weighted by atomic mass is 16.3. The second kappa shape index (κ2) is 3.75. The maximum Gasteiger partial charge on any atom is 0.158 e. The summed E-state index contributed by atoms with van der Waals surface area (Å²) in [5.41, 5.74) is 2.92. The third-order valence-electron chi connectivity index (χ3n) is 3.66. The molecule has 1 aromatic heterocycles. The normalized spacial score (nSPS) is 11.4. The molecule has 4 rings (SSSR count). The van der Waals surface area contributed by atoms with Crippen LogP contribution in [0.15, 0.2) is 59.0 Å². The number of benzene rings is 3. The minimum Gasteiger partial charge on any atom is -0.453 e. The highest BCUT2D eigenvalue weighted by Crippen LogP contribution is 2.36. The summed E-state index contributed by atoms with van der Waals surface area (Å²) in [7, 11) is 1.92. The van der Waals surface area contributed by atoms with Crippen molar-refractivity contribution < 1.29 is 4.42 Å². The van der Waals surface area contributed by atoms with E-state index in [1.54, 1.807) is 0 Å². The third kappa shape index (κ3) is 1.37. The molecule has 0 fully saturated rings. The fraction of sp³-hybridized carbons (Fsp3) is 0.0588. The molecule has 0 aliphatic heterocycles. The van der Waals surface area contributed by atoms with Gasteiger partial charge >= 0.3 is 0 Å². The molecule has 0 atom stereocenters. The molecule has 0 spiro atoms. The molecule has 0 radical (unpaired) electrons. The first kappa shape index (κ1) is 10.4. The second-order valence-electron chi connectivity index (χ2n) is 4.70. The van der Waals surface area contributed by atoms with Crippen LogP contribution in [0.2, 0.25) is 0 Å². The molecule has 0 saturated heterocycles. The summed E-state index contributed by atoms with van der Waals surface area (Å²) < 4.78 is 6.13. The van der Waals surface area contributed by atoms with Gasteiger partial charge in [-0.25, -0.2) is 0 Å². The third-order valence-corrected chi connectivity index (χ3v) is 3.66. The summed E-state index contributed by atoms with van der Waals surface area (Å²) in [6.07, 6.45) is 0. The highest BCUT2D eigenvalue weighted by molar-refractivity contribution is 6.16. The number of hydrogen-bond acceptors (Lipinski definition) is 2. The Balaban J connectivity index is 2.27. The molecule has 1 N–H and O–H groups in total. The Bertz CT molecular complexity index is 905. The lowest BCUT2D eigenvalue weighted by Crippen LogP contribution is -1.86. The summed E-state index contributed by atoms with van der Waals surface area (Å²) >= 11 is 0. The van der Waals surface area contributed by atoms with Crippen LogP contribution in [0.3, 0.4) is 0 Å². The summed E-state index contributed by atoms with van der Waals surface area (Å²) in [5, 5.41) is 7.89. The van der Waals surface area contributed by atoms with E-state index in [0.29, 0.717) is 0 Å². The zero-order chi connectivity index (χ0) is 12.8. The Hall–Kier alpha value is -2.48. The number of para-hydroxylation sites is 1. The molecule has 0 bridgehead atoms. The first-order chi connectivity index (χ1) is 9.38. The predicted molar refractivity (Wildman–Crippen MR) is 80.8 cm³/mol. The monoisotopic (exact) mass is 247 g/mol. The minimum absolute atomic E-state index is 0.927. The van der Waals surface area contributed by atoms with Crippen LogP contribution in [-0.2, 0) is 0 Å². The molecule has 0 amide bonds. The fourth-order valence-electron chi connectivity index (χ4n) is 2.72. The van der Waals surface area contributed by atoms with Gasteiger partial charge in [0.15, 0.2) is 5.58 Å². The van der Waals surface area contributed by atoms with Crippen molar-refractivity contribution in [1.82, 2.24) is 0 Å². The molecule has 2 heteroatoms. The quantitative estimate of drug-likeness (QED) is 0.523. The van der Waals surface area contributed by atoms with Crippen molar-refractivity contribution in [3.05, 3.63) is 54.6 Å². The van der Waals surface area contributed by atoms with Crippen molar-refractivity contribution in [2.75, 3.05) is 12.4 Å². The van der Waals surface area contributed by atoms with Crippen LogP contribution in [0.4, 0.5) is 5.69 Å². The largest absolute Gasteiger partial charge is 0.453 e. The van der Waals surface area contributed by atoms with E-state index in [2.05, 4.69) is 47.8 Å². The van der Waals surface area contributed by atoms with Gasteiger partial charge in [-0.05, 0) is 17.5 Å². The van der Waals surface area contributed by atoms with Gasteiger partial charge in [0.05, 0.1) is 5.69 Å². The van der Waals surface area contributed by atoms with Crippen molar-refractivity contribution >= 4 is 38.4 Å². The lowest BCUT2D eigenvalue weighted by atomic mass is 10.1. The van der Waals surface area contributed by atoms with Crippen LogP contribution in [0.1, 0.15) is 0 Å².